The Morgan fingerprint density at radius 3 is 2.14 bits per heavy atom. The molecule has 3 aromatic carbocycles. The maximum absolute atomic E-state index is 14.8. The number of ether oxygens (including phenoxy) is 3. The summed E-state index contributed by atoms with van der Waals surface area (Å²) in [6, 6.07) is 14.1. The van der Waals surface area contributed by atoms with Gasteiger partial charge in [0, 0.05) is 12.7 Å². The van der Waals surface area contributed by atoms with Crippen molar-refractivity contribution in [2.24, 2.45) is 0 Å². The zero-order valence-corrected chi connectivity index (χ0v) is 19.2. The average molecular weight is 482 g/mol. The molecule has 35 heavy (non-hydrogen) atoms. The van der Waals surface area contributed by atoms with Gasteiger partial charge in [0.2, 0.25) is 0 Å². The molecule has 7 heteroatoms. The lowest BCUT2D eigenvalue weighted by atomic mass is 9.82. The summed E-state index contributed by atoms with van der Waals surface area (Å²) < 4.78 is 59.6. The second-order valence-corrected chi connectivity index (χ2v) is 9.01. The van der Waals surface area contributed by atoms with Crippen molar-refractivity contribution in [3.05, 3.63) is 88.7 Å². The molecule has 1 aliphatic carbocycles. The van der Waals surface area contributed by atoms with Gasteiger partial charge in [0.1, 0.15) is 17.7 Å². The van der Waals surface area contributed by atoms with Crippen LogP contribution >= 0.6 is 0 Å². The number of halogens is 3. The van der Waals surface area contributed by atoms with Crippen molar-refractivity contribution in [1.82, 2.24) is 0 Å². The summed E-state index contributed by atoms with van der Waals surface area (Å²) in [6.45, 7) is 0.527. The van der Waals surface area contributed by atoms with Gasteiger partial charge in [-0.3, -0.25) is 0 Å². The first kappa shape index (κ1) is 23.6. The van der Waals surface area contributed by atoms with Crippen LogP contribution in [0.4, 0.5) is 13.2 Å². The molecule has 0 bridgehead atoms. The number of hydrogen-bond acceptors (Lipinski definition) is 4. The Hall–Kier alpha value is -3.16. The first-order valence-electron chi connectivity index (χ1n) is 11.7. The first-order valence-corrected chi connectivity index (χ1v) is 11.7. The van der Waals surface area contributed by atoms with Crippen LogP contribution in [0.2, 0.25) is 0 Å². The van der Waals surface area contributed by atoms with Crippen molar-refractivity contribution in [2.45, 2.75) is 43.8 Å². The topological polar surface area (TPSA) is 48.1 Å². The Kier molecular flexibility index (Phi) is 6.62. The molecule has 0 aromatic heterocycles. The SMILES string of the molecule is COC1CCC(c2ccc(C(=O)Oc3ccc(-c4ccc(C5CO5)c(F)c4)cc3)c(F)c2F)CC1. The molecule has 0 radical (unpaired) electrons. The van der Waals surface area contributed by atoms with Crippen molar-refractivity contribution >= 4 is 5.97 Å². The molecule has 0 amide bonds. The van der Waals surface area contributed by atoms with E-state index in [4.69, 9.17) is 14.2 Å². The largest absolute Gasteiger partial charge is 0.423 e. The molecule has 0 spiro atoms. The summed E-state index contributed by atoms with van der Waals surface area (Å²) in [5.74, 6) is -3.46. The van der Waals surface area contributed by atoms with Gasteiger partial charge in [0.25, 0.3) is 0 Å². The van der Waals surface area contributed by atoms with Crippen LogP contribution in [-0.2, 0) is 9.47 Å². The lowest BCUT2D eigenvalue weighted by Gasteiger charge is -2.28. The van der Waals surface area contributed by atoms with Gasteiger partial charge in [-0.25, -0.2) is 18.0 Å². The number of benzene rings is 3. The molecule has 2 aliphatic rings. The summed E-state index contributed by atoms with van der Waals surface area (Å²) in [5, 5.41) is 0. The molecule has 1 saturated carbocycles. The van der Waals surface area contributed by atoms with Gasteiger partial charge < -0.3 is 14.2 Å². The van der Waals surface area contributed by atoms with Crippen LogP contribution in [0.15, 0.2) is 54.6 Å². The Labute approximate surface area is 201 Å². The maximum Gasteiger partial charge on any atom is 0.346 e. The van der Waals surface area contributed by atoms with Crippen LogP contribution in [0.3, 0.4) is 0 Å². The van der Waals surface area contributed by atoms with Gasteiger partial charge in [0.15, 0.2) is 11.6 Å². The van der Waals surface area contributed by atoms with Crippen molar-refractivity contribution in [3.63, 3.8) is 0 Å². The predicted molar refractivity (Wildman–Crippen MR) is 124 cm³/mol. The molecule has 4 nitrogen and oxygen atoms in total. The Bertz CT molecular complexity index is 1230. The zero-order valence-electron chi connectivity index (χ0n) is 19.2. The first-order chi connectivity index (χ1) is 16.9. The van der Waals surface area contributed by atoms with Crippen molar-refractivity contribution < 1.29 is 32.2 Å². The molecule has 1 unspecified atom stereocenters. The van der Waals surface area contributed by atoms with Gasteiger partial charge in [-0.05, 0) is 72.6 Å². The number of epoxide rings is 1. The van der Waals surface area contributed by atoms with Crippen LogP contribution in [0.1, 0.15) is 59.2 Å². The standard InChI is InChI=1S/C28H25F3O4/c1-33-19-7-4-17(5-8-19)21-12-13-23(27(31)26(21)30)28(32)35-20-9-2-16(3-10-20)18-6-11-22(24(29)14-18)25-15-34-25/h2-3,6,9-14,17,19,25H,4-5,7-8,15H2,1H3. The highest BCUT2D eigenvalue weighted by atomic mass is 19.2. The average Bonchev–Trinajstić information content (AvgIpc) is 3.71. The van der Waals surface area contributed by atoms with Gasteiger partial charge >= 0.3 is 5.97 Å². The number of methoxy groups -OCH3 is 1. The molecule has 5 rings (SSSR count). The summed E-state index contributed by atoms with van der Waals surface area (Å²) in [6.07, 6.45) is 2.95. The summed E-state index contributed by atoms with van der Waals surface area (Å²) in [4.78, 5) is 12.6. The zero-order chi connectivity index (χ0) is 24.5. The fourth-order valence-corrected chi connectivity index (χ4v) is 4.72. The van der Waals surface area contributed by atoms with Crippen LogP contribution in [0, 0.1) is 17.5 Å². The fourth-order valence-electron chi connectivity index (χ4n) is 4.72. The second-order valence-electron chi connectivity index (χ2n) is 9.01. The lowest BCUT2D eigenvalue weighted by Crippen LogP contribution is -2.20. The number of carbonyl (C=O) groups excluding carboxylic acids is 1. The van der Waals surface area contributed by atoms with E-state index in [1.807, 2.05) is 0 Å². The minimum Gasteiger partial charge on any atom is -0.423 e. The monoisotopic (exact) mass is 482 g/mol. The molecule has 3 aromatic rings. The normalized spacial score (nSPS) is 21.5. The highest BCUT2D eigenvalue weighted by Crippen LogP contribution is 2.37. The van der Waals surface area contributed by atoms with E-state index in [0.29, 0.717) is 30.6 Å². The summed E-state index contributed by atoms with van der Waals surface area (Å²) in [7, 11) is 1.65. The number of esters is 1. The molecule has 1 saturated heterocycles. The Morgan fingerprint density at radius 2 is 1.51 bits per heavy atom. The van der Waals surface area contributed by atoms with E-state index in [0.717, 1.165) is 18.4 Å². The third-order valence-corrected chi connectivity index (χ3v) is 6.86. The molecular weight excluding hydrogens is 457 g/mol. The number of hydrogen-bond donors (Lipinski definition) is 0. The number of carbonyl (C=O) groups is 1. The molecule has 1 atom stereocenters. The molecule has 2 fully saturated rings. The quantitative estimate of drug-likeness (QED) is 0.222. The molecule has 1 aliphatic heterocycles. The van der Waals surface area contributed by atoms with E-state index >= 15 is 0 Å². The highest BCUT2D eigenvalue weighted by Gasteiger charge is 2.29. The van der Waals surface area contributed by atoms with E-state index < -0.39 is 23.2 Å². The molecule has 1 heterocycles. The predicted octanol–water partition coefficient (Wildman–Crippen LogP) is 6.73. The maximum atomic E-state index is 14.8. The van der Waals surface area contributed by atoms with Crippen LogP contribution in [-0.4, -0.2) is 25.8 Å². The van der Waals surface area contributed by atoms with E-state index in [2.05, 4.69) is 0 Å². The van der Waals surface area contributed by atoms with Crippen molar-refractivity contribution in [1.29, 1.82) is 0 Å². The third-order valence-electron chi connectivity index (χ3n) is 6.86. The molecular formula is C28H25F3O4. The van der Waals surface area contributed by atoms with Crippen LogP contribution in [0.25, 0.3) is 11.1 Å². The summed E-state index contributed by atoms with van der Waals surface area (Å²) in [5.41, 5.74) is 1.73. The molecule has 182 valence electrons. The van der Waals surface area contributed by atoms with E-state index in [1.165, 1.54) is 30.3 Å². The fraction of sp³-hybridized carbons (Fsp3) is 0.321. The van der Waals surface area contributed by atoms with Gasteiger partial charge in [-0.15, -0.1) is 0 Å². The Balaban J connectivity index is 1.27. The number of rotatable bonds is 6. The van der Waals surface area contributed by atoms with Crippen molar-refractivity contribution in [3.8, 4) is 16.9 Å². The van der Waals surface area contributed by atoms with Gasteiger partial charge in [-0.1, -0.05) is 30.3 Å². The smallest absolute Gasteiger partial charge is 0.346 e. The van der Waals surface area contributed by atoms with Crippen LogP contribution in [0.5, 0.6) is 5.75 Å². The third kappa shape index (κ3) is 4.97. The van der Waals surface area contributed by atoms with Gasteiger partial charge in [-0.2, -0.15) is 0 Å². The highest BCUT2D eigenvalue weighted by molar-refractivity contribution is 5.91. The van der Waals surface area contributed by atoms with Crippen molar-refractivity contribution in [2.75, 3.05) is 13.7 Å². The van der Waals surface area contributed by atoms with Gasteiger partial charge in [0.05, 0.1) is 18.3 Å². The second kappa shape index (κ2) is 9.84. The van der Waals surface area contributed by atoms with Crippen LogP contribution < -0.4 is 4.74 Å². The lowest BCUT2D eigenvalue weighted by molar-refractivity contribution is 0.0654. The minimum atomic E-state index is -1.20. The van der Waals surface area contributed by atoms with E-state index in [1.54, 1.807) is 31.4 Å². The van der Waals surface area contributed by atoms with E-state index in [9.17, 15) is 18.0 Å². The summed E-state index contributed by atoms with van der Waals surface area (Å²) >= 11 is 0. The minimum absolute atomic E-state index is 0.107. The Morgan fingerprint density at radius 1 is 0.857 bits per heavy atom. The molecule has 0 N–H and O–H groups in total. The van der Waals surface area contributed by atoms with E-state index in [-0.39, 0.29) is 35.3 Å².